The van der Waals surface area contributed by atoms with E-state index < -0.39 is 0 Å². The minimum absolute atomic E-state index is 0.177. The maximum absolute atomic E-state index is 12.9. The van der Waals surface area contributed by atoms with Crippen molar-refractivity contribution < 1.29 is 9.47 Å². The van der Waals surface area contributed by atoms with E-state index in [4.69, 9.17) is 9.47 Å². The number of fused-ring (bicyclic) bond motifs is 1. The van der Waals surface area contributed by atoms with Crippen molar-refractivity contribution >= 4 is 10.9 Å². The van der Waals surface area contributed by atoms with E-state index in [1.54, 1.807) is 23.9 Å². The van der Waals surface area contributed by atoms with E-state index in [1.165, 1.54) is 18.0 Å². The predicted octanol–water partition coefficient (Wildman–Crippen LogP) is 2.10. The Balaban J connectivity index is 1.61. The minimum atomic E-state index is -0.177. The van der Waals surface area contributed by atoms with Gasteiger partial charge in [-0.1, -0.05) is 35.5 Å². The fourth-order valence-electron chi connectivity index (χ4n) is 3.03. The number of hydrogen-bond donors (Lipinski definition) is 0. The molecule has 4 rings (SSSR count). The Morgan fingerprint density at radius 1 is 1.00 bits per heavy atom. The third-order valence-corrected chi connectivity index (χ3v) is 4.44. The number of rotatable bonds is 6. The fraction of sp³-hybridized carbons (Fsp3) is 0.200. The monoisotopic (exact) mass is 377 g/mol. The highest BCUT2D eigenvalue weighted by atomic mass is 16.5. The normalized spacial score (nSPS) is 10.9. The van der Waals surface area contributed by atoms with E-state index >= 15 is 0 Å². The first kappa shape index (κ1) is 17.7. The van der Waals surface area contributed by atoms with Gasteiger partial charge < -0.3 is 9.47 Å². The minimum Gasteiger partial charge on any atom is -0.493 e. The summed E-state index contributed by atoms with van der Waals surface area (Å²) in [6.45, 7) is 0.903. The van der Waals surface area contributed by atoms with Gasteiger partial charge in [0, 0.05) is 6.07 Å². The van der Waals surface area contributed by atoms with E-state index in [0.717, 1.165) is 5.56 Å². The van der Waals surface area contributed by atoms with E-state index in [-0.39, 0.29) is 12.1 Å². The van der Waals surface area contributed by atoms with Crippen molar-refractivity contribution in [2.75, 3.05) is 14.2 Å². The molecule has 0 N–H and O–H groups in total. The smallest absolute Gasteiger partial charge is 0.261 e. The molecular formula is C20H19N5O3. The van der Waals surface area contributed by atoms with E-state index in [2.05, 4.69) is 15.3 Å². The third-order valence-electron chi connectivity index (χ3n) is 4.44. The zero-order valence-corrected chi connectivity index (χ0v) is 15.6. The highest BCUT2D eigenvalue weighted by molar-refractivity contribution is 5.81. The quantitative estimate of drug-likeness (QED) is 0.512. The molecule has 0 bridgehead atoms. The SMILES string of the molecule is COc1cc2ncn(Cc3cn(Cc4ccccc4)nn3)c(=O)c2cc1OC. The lowest BCUT2D eigenvalue weighted by Crippen LogP contribution is -2.21. The maximum Gasteiger partial charge on any atom is 0.261 e. The number of ether oxygens (including phenoxy) is 2. The van der Waals surface area contributed by atoms with E-state index in [9.17, 15) is 4.79 Å². The van der Waals surface area contributed by atoms with Crippen LogP contribution in [0.5, 0.6) is 11.5 Å². The zero-order valence-electron chi connectivity index (χ0n) is 15.6. The molecule has 0 fully saturated rings. The Labute approximate surface area is 161 Å². The molecular weight excluding hydrogens is 358 g/mol. The number of methoxy groups -OCH3 is 2. The molecule has 8 nitrogen and oxygen atoms in total. The van der Waals surface area contributed by atoms with Crippen molar-refractivity contribution in [2.45, 2.75) is 13.1 Å². The van der Waals surface area contributed by atoms with Crippen LogP contribution in [0, 0.1) is 0 Å². The Morgan fingerprint density at radius 2 is 1.75 bits per heavy atom. The molecule has 2 aromatic carbocycles. The molecule has 8 heteroatoms. The molecule has 4 aromatic rings. The van der Waals surface area contributed by atoms with Crippen LogP contribution >= 0.6 is 0 Å². The summed E-state index contributed by atoms with van der Waals surface area (Å²) in [6, 6.07) is 13.3. The average molecular weight is 377 g/mol. The molecule has 0 unspecified atom stereocenters. The summed E-state index contributed by atoms with van der Waals surface area (Å²) in [6.07, 6.45) is 3.34. The molecule has 2 heterocycles. The molecule has 0 aliphatic rings. The number of nitrogens with zero attached hydrogens (tertiary/aromatic N) is 5. The first-order valence-electron chi connectivity index (χ1n) is 8.72. The van der Waals surface area contributed by atoms with E-state index in [1.807, 2.05) is 36.5 Å². The van der Waals surface area contributed by atoms with Crippen LogP contribution in [0.4, 0.5) is 0 Å². The number of benzene rings is 2. The molecule has 0 aliphatic carbocycles. The van der Waals surface area contributed by atoms with Gasteiger partial charge in [-0.15, -0.1) is 5.10 Å². The molecule has 0 amide bonds. The largest absolute Gasteiger partial charge is 0.493 e. The molecule has 0 atom stereocenters. The summed E-state index contributed by atoms with van der Waals surface area (Å²) < 4.78 is 13.8. The van der Waals surface area contributed by atoms with Gasteiger partial charge in [0.2, 0.25) is 0 Å². The maximum atomic E-state index is 12.9. The Kier molecular flexibility index (Phi) is 4.76. The van der Waals surface area contributed by atoms with Crippen LogP contribution in [0.15, 0.2) is 59.8 Å². The van der Waals surface area contributed by atoms with Crippen molar-refractivity contribution in [3.8, 4) is 11.5 Å². The van der Waals surface area contributed by atoms with Gasteiger partial charge >= 0.3 is 0 Å². The molecule has 0 spiro atoms. The van der Waals surface area contributed by atoms with Gasteiger partial charge in [0.1, 0.15) is 5.69 Å². The summed E-state index contributed by atoms with van der Waals surface area (Å²) >= 11 is 0. The van der Waals surface area contributed by atoms with Crippen LogP contribution in [0.2, 0.25) is 0 Å². The van der Waals surface area contributed by atoms with Crippen LogP contribution in [-0.4, -0.2) is 38.8 Å². The summed E-state index contributed by atoms with van der Waals surface area (Å²) in [5.41, 5.74) is 2.18. The van der Waals surface area contributed by atoms with Gasteiger partial charge in [0.05, 0.1) is 50.7 Å². The van der Waals surface area contributed by atoms with Crippen LogP contribution in [0.1, 0.15) is 11.3 Å². The number of aromatic nitrogens is 5. The molecule has 142 valence electrons. The second-order valence-electron chi connectivity index (χ2n) is 6.30. The van der Waals surface area contributed by atoms with Crippen molar-refractivity contribution in [2.24, 2.45) is 0 Å². The summed E-state index contributed by atoms with van der Waals surface area (Å²) in [4.78, 5) is 17.2. The summed E-state index contributed by atoms with van der Waals surface area (Å²) in [5.74, 6) is 1.02. The Bertz CT molecular complexity index is 1170. The lowest BCUT2D eigenvalue weighted by atomic mass is 10.2. The van der Waals surface area contributed by atoms with E-state index in [0.29, 0.717) is 34.6 Å². The summed E-state index contributed by atoms with van der Waals surface area (Å²) in [7, 11) is 3.08. The lowest BCUT2D eigenvalue weighted by Gasteiger charge is -2.10. The van der Waals surface area contributed by atoms with Crippen molar-refractivity contribution in [3.63, 3.8) is 0 Å². The van der Waals surface area contributed by atoms with Gasteiger partial charge in [0.15, 0.2) is 11.5 Å². The Hall–Kier alpha value is -3.68. The van der Waals surface area contributed by atoms with Gasteiger partial charge in [-0.3, -0.25) is 9.36 Å². The Morgan fingerprint density at radius 3 is 2.50 bits per heavy atom. The lowest BCUT2D eigenvalue weighted by molar-refractivity contribution is 0.355. The first-order valence-corrected chi connectivity index (χ1v) is 8.72. The van der Waals surface area contributed by atoms with Crippen LogP contribution in [-0.2, 0) is 13.1 Å². The second kappa shape index (κ2) is 7.51. The number of hydrogen-bond acceptors (Lipinski definition) is 6. The molecule has 0 aliphatic heterocycles. The fourth-order valence-corrected chi connectivity index (χ4v) is 3.03. The van der Waals surface area contributed by atoms with Crippen LogP contribution < -0.4 is 15.0 Å². The molecule has 28 heavy (non-hydrogen) atoms. The third kappa shape index (κ3) is 3.44. The highest BCUT2D eigenvalue weighted by Crippen LogP contribution is 2.29. The van der Waals surface area contributed by atoms with Crippen LogP contribution in [0.25, 0.3) is 10.9 Å². The van der Waals surface area contributed by atoms with Gasteiger partial charge in [-0.05, 0) is 11.6 Å². The summed E-state index contributed by atoms with van der Waals surface area (Å²) in [5, 5.41) is 8.77. The standard InChI is InChI=1S/C20H19N5O3/c1-27-18-8-16-17(9-19(18)28-2)21-13-24(20(16)26)11-15-12-25(23-22-15)10-14-6-4-3-5-7-14/h3-9,12-13H,10-11H2,1-2H3. The molecule has 0 radical (unpaired) electrons. The van der Waals surface area contributed by atoms with Gasteiger partial charge in [-0.2, -0.15) is 0 Å². The van der Waals surface area contributed by atoms with Gasteiger partial charge in [-0.25, -0.2) is 9.67 Å². The van der Waals surface area contributed by atoms with Crippen molar-refractivity contribution in [3.05, 3.63) is 76.6 Å². The zero-order chi connectivity index (χ0) is 19.5. The van der Waals surface area contributed by atoms with Crippen molar-refractivity contribution in [1.82, 2.24) is 24.5 Å². The second-order valence-corrected chi connectivity index (χ2v) is 6.30. The highest BCUT2D eigenvalue weighted by Gasteiger charge is 2.12. The average Bonchev–Trinajstić information content (AvgIpc) is 3.16. The van der Waals surface area contributed by atoms with Gasteiger partial charge in [0.25, 0.3) is 5.56 Å². The van der Waals surface area contributed by atoms with Crippen molar-refractivity contribution in [1.29, 1.82) is 0 Å². The topological polar surface area (TPSA) is 84.1 Å². The van der Waals surface area contributed by atoms with Crippen LogP contribution in [0.3, 0.4) is 0 Å². The predicted molar refractivity (Wildman–Crippen MR) is 104 cm³/mol. The molecule has 0 saturated heterocycles. The molecule has 0 saturated carbocycles. The first-order chi connectivity index (χ1) is 13.7. The molecule has 2 aromatic heterocycles.